The molecule has 0 saturated carbocycles. The normalized spacial score (nSPS) is 18.7. The van der Waals surface area contributed by atoms with Crippen LogP contribution in [0.15, 0.2) is 53.9 Å². The number of carbonyl (C=O) groups is 3. The topological polar surface area (TPSA) is 133 Å². The number of halogens is 4. The van der Waals surface area contributed by atoms with Gasteiger partial charge in [-0.3, -0.25) is 9.78 Å². The van der Waals surface area contributed by atoms with Crippen LogP contribution in [0.4, 0.5) is 23.7 Å². The molecule has 1 aromatic heterocycles. The van der Waals surface area contributed by atoms with E-state index in [9.17, 15) is 22.8 Å². The number of anilines is 1. The van der Waals surface area contributed by atoms with Gasteiger partial charge in [0, 0.05) is 42.6 Å². The lowest BCUT2D eigenvalue weighted by Crippen LogP contribution is -2.52. The third-order valence-corrected chi connectivity index (χ3v) is 5.69. The van der Waals surface area contributed by atoms with E-state index in [0.29, 0.717) is 42.5 Å². The lowest BCUT2D eigenvalue weighted by atomic mass is 9.88. The third-order valence-electron chi connectivity index (χ3n) is 5.44. The Morgan fingerprint density at radius 1 is 1.19 bits per heavy atom. The van der Waals surface area contributed by atoms with Crippen LogP contribution in [-0.4, -0.2) is 63.5 Å². The minimum Gasteiger partial charge on any atom is -0.475 e. The van der Waals surface area contributed by atoms with Crippen molar-refractivity contribution in [2.75, 3.05) is 18.4 Å². The Hall–Kier alpha value is -3.87. The molecule has 1 saturated heterocycles. The van der Waals surface area contributed by atoms with Gasteiger partial charge in [0.15, 0.2) is 5.60 Å². The zero-order valence-corrected chi connectivity index (χ0v) is 20.1. The van der Waals surface area contributed by atoms with Gasteiger partial charge in [0.2, 0.25) is 0 Å². The number of nitrogens with one attached hydrogen (secondary N) is 2. The molecule has 3 heterocycles. The van der Waals surface area contributed by atoms with Gasteiger partial charge in [0.25, 0.3) is 5.91 Å². The second-order valence-electron chi connectivity index (χ2n) is 8.30. The van der Waals surface area contributed by atoms with E-state index in [0.717, 1.165) is 18.4 Å². The fourth-order valence-corrected chi connectivity index (χ4v) is 3.78. The van der Waals surface area contributed by atoms with Crippen LogP contribution in [0, 0.1) is 0 Å². The Labute approximate surface area is 214 Å². The van der Waals surface area contributed by atoms with Crippen molar-refractivity contribution >= 4 is 40.9 Å². The molecule has 10 nitrogen and oxygen atoms in total. The molecule has 0 bridgehead atoms. The van der Waals surface area contributed by atoms with Gasteiger partial charge >= 0.3 is 18.2 Å². The maximum absolute atomic E-state index is 12.7. The van der Waals surface area contributed by atoms with E-state index < -0.39 is 17.7 Å². The molecule has 2 aromatic rings. The highest BCUT2D eigenvalue weighted by molar-refractivity contribution is 6.39. The summed E-state index contributed by atoms with van der Waals surface area (Å²) < 4.78 is 31.7. The van der Waals surface area contributed by atoms with E-state index in [-0.39, 0.29) is 11.9 Å². The van der Waals surface area contributed by atoms with Gasteiger partial charge in [-0.25, -0.2) is 9.59 Å². The van der Waals surface area contributed by atoms with Gasteiger partial charge in [0.05, 0.1) is 6.54 Å². The average Bonchev–Trinajstić information content (AvgIpc) is 3.27. The molecule has 1 atom stereocenters. The van der Waals surface area contributed by atoms with E-state index in [1.54, 1.807) is 41.6 Å². The highest BCUT2D eigenvalue weighted by Crippen LogP contribution is 2.33. The first-order valence-corrected chi connectivity index (χ1v) is 11.4. The number of amides is 3. The van der Waals surface area contributed by atoms with Crippen molar-refractivity contribution in [3.8, 4) is 0 Å². The van der Waals surface area contributed by atoms with Gasteiger partial charge < -0.3 is 25.5 Å². The number of piperidine rings is 1. The largest absolute Gasteiger partial charge is 0.490 e. The minimum absolute atomic E-state index is 0.213. The molecule has 37 heavy (non-hydrogen) atoms. The molecule has 14 heteroatoms. The van der Waals surface area contributed by atoms with Crippen molar-refractivity contribution in [3.05, 3.63) is 59.4 Å². The average molecular weight is 542 g/mol. The molecule has 2 aliphatic heterocycles. The first-order chi connectivity index (χ1) is 17.5. The number of aliphatic carboxylic acids is 1. The first kappa shape index (κ1) is 27.7. The van der Waals surface area contributed by atoms with Crippen LogP contribution in [0.2, 0.25) is 5.02 Å². The summed E-state index contributed by atoms with van der Waals surface area (Å²) >= 11 is 5.89. The summed E-state index contributed by atoms with van der Waals surface area (Å²) in [4.78, 5) is 45.5. The number of alkyl halides is 3. The van der Waals surface area contributed by atoms with Gasteiger partial charge in [-0.15, -0.1) is 0 Å². The summed E-state index contributed by atoms with van der Waals surface area (Å²) in [6.07, 6.45) is 0.181. The first-order valence-electron chi connectivity index (χ1n) is 11.0. The maximum Gasteiger partial charge on any atom is 0.490 e. The smallest absolute Gasteiger partial charge is 0.475 e. The van der Waals surface area contributed by atoms with Crippen LogP contribution in [0.25, 0.3) is 0 Å². The van der Waals surface area contributed by atoms with Gasteiger partial charge in [-0.2, -0.15) is 13.2 Å². The molecule has 1 aromatic carbocycles. The van der Waals surface area contributed by atoms with Crippen molar-refractivity contribution in [3.63, 3.8) is 0 Å². The zero-order valence-electron chi connectivity index (χ0n) is 19.3. The summed E-state index contributed by atoms with van der Waals surface area (Å²) in [5, 5.41) is 17.5. The minimum atomic E-state index is -5.08. The Morgan fingerprint density at radius 3 is 2.51 bits per heavy atom. The highest BCUT2D eigenvalue weighted by atomic mass is 35.5. The summed E-state index contributed by atoms with van der Waals surface area (Å²) in [5.74, 6) is -3.02. The van der Waals surface area contributed by atoms with E-state index in [1.165, 1.54) is 0 Å². The lowest BCUT2D eigenvalue weighted by molar-refractivity contribution is -0.192. The molecular formula is C23H23ClF3N5O5. The zero-order chi connectivity index (χ0) is 27.1. The predicted octanol–water partition coefficient (Wildman–Crippen LogP) is 3.83. The summed E-state index contributed by atoms with van der Waals surface area (Å²) in [6, 6.07) is 10.4. The van der Waals surface area contributed by atoms with E-state index >= 15 is 0 Å². The number of carbonyl (C=O) groups excluding carboxylic acids is 2. The molecule has 4 rings (SSSR count). The number of carboxylic acids is 1. The van der Waals surface area contributed by atoms with Crippen LogP contribution in [0.1, 0.15) is 24.8 Å². The molecule has 1 fully saturated rings. The number of carboxylic acid groups (broad SMARTS) is 1. The molecule has 1 spiro atoms. The molecule has 2 aliphatic rings. The number of nitrogens with zero attached hydrogens (tertiary/aromatic N) is 3. The second kappa shape index (κ2) is 11.9. The molecule has 3 amide bonds. The van der Waals surface area contributed by atoms with Crippen LogP contribution >= 0.6 is 11.6 Å². The van der Waals surface area contributed by atoms with Gasteiger partial charge in [0.1, 0.15) is 5.71 Å². The van der Waals surface area contributed by atoms with Crippen molar-refractivity contribution < 1.29 is 37.5 Å². The number of benzene rings is 1. The lowest BCUT2D eigenvalue weighted by Gasteiger charge is -2.38. The van der Waals surface area contributed by atoms with Crippen LogP contribution in [0.3, 0.4) is 0 Å². The summed E-state index contributed by atoms with van der Waals surface area (Å²) in [6.45, 7) is 1.36. The van der Waals surface area contributed by atoms with Gasteiger partial charge in [-0.1, -0.05) is 22.8 Å². The number of oxime groups is 1. The fourth-order valence-electron chi connectivity index (χ4n) is 3.66. The summed E-state index contributed by atoms with van der Waals surface area (Å²) in [5.41, 5.74) is 1.26. The Kier molecular flexibility index (Phi) is 8.92. The monoisotopic (exact) mass is 541 g/mol. The Bertz CT molecular complexity index is 1150. The highest BCUT2D eigenvalue weighted by Gasteiger charge is 2.45. The predicted molar refractivity (Wildman–Crippen MR) is 127 cm³/mol. The molecular weight excluding hydrogens is 519 g/mol. The van der Waals surface area contributed by atoms with Crippen LogP contribution < -0.4 is 10.6 Å². The number of hydrogen-bond donors (Lipinski definition) is 3. The van der Waals surface area contributed by atoms with Crippen molar-refractivity contribution in [1.29, 1.82) is 0 Å². The Balaban J connectivity index is 0.000000479. The van der Waals surface area contributed by atoms with Crippen molar-refractivity contribution in [1.82, 2.24) is 15.2 Å². The van der Waals surface area contributed by atoms with Crippen molar-refractivity contribution in [2.24, 2.45) is 5.16 Å². The van der Waals surface area contributed by atoms with Crippen LogP contribution in [-0.2, 0) is 21.0 Å². The van der Waals surface area contributed by atoms with Gasteiger partial charge in [-0.05, 0) is 48.7 Å². The molecule has 1 unspecified atom stereocenters. The standard InChI is InChI=1S/C21H22ClN5O3.C2HF3O2/c22-16-4-6-17(7-5-16)25-20(29)27-10-2-8-21(14-27)11-18(26-30-21)19(28)24-13-15-3-1-9-23-12-15;3-2(4,5)1(6)7/h1,3-7,9,12H,2,8,10-11,13-14H2,(H,24,28)(H,25,29);(H,6,7). The quantitative estimate of drug-likeness (QED) is 0.539. The van der Waals surface area contributed by atoms with E-state index in [2.05, 4.69) is 20.8 Å². The maximum atomic E-state index is 12.7. The molecule has 0 radical (unpaired) electrons. The third kappa shape index (κ3) is 8.07. The molecule has 198 valence electrons. The van der Waals surface area contributed by atoms with E-state index in [4.69, 9.17) is 26.3 Å². The fraction of sp³-hybridized carbons (Fsp3) is 0.348. The number of likely N-dealkylation sites (tertiary alicyclic amines) is 1. The number of hydrogen-bond acceptors (Lipinski definition) is 6. The number of urea groups is 1. The van der Waals surface area contributed by atoms with Crippen LogP contribution in [0.5, 0.6) is 0 Å². The summed E-state index contributed by atoms with van der Waals surface area (Å²) in [7, 11) is 0. The van der Waals surface area contributed by atoms with E-state index in [1.807, 2.05) is 12.1 Å². The molecule has 3 N–H and O–H groups in total. The Morgan fingerprint density at radius 2 is 1.89 bits per heavy atom. The number of pyridine rings is 1. The molecule has 0 aliphatic carbocycles. The number of rotatable bonds is 4. The SMILES string of the molecule is O=C(NCc1cccnc1)C1=NOC2(CCCN(C(=O)Nc3ccc(Cl)cc3)C2)C1.O=C(O)C(F)(F)F. The van der Waals surface area contributed by atoms with Crippen molar-refractivity contribution in [2.45, 2.75) is 37.6 Å². The second-order valence-corrected chi connectivity index (χ2v) is 8.73. The number of aromatic nitrogens is 1.